The average Bonchev–Trinajstić information content (AvgIpc) is 3.60. The highest BCUT2D eigenvalue weighted by atomic mass is 32.1. The monoisotopic (exact) mass is 614 g/mol. The number of halogens is 1. The molecule has 3 aromatic heterocycles. The second-order valence-electron chi connectivity index (χ2n) is 11.0. The summed E-state index contributed by atoms with van der Waals surface area (Å²) in [6.07, 6.45) is 4.85. The van der Waals surface area contributed by atoms with Gasteiger partial charge in [0.05, 0.1) is 44.6 Å². The van der Waals surface area contributed by atoms with Gasteiger partial charge in [-0.1, -0.05) is 11.3 Å². The number of carbonyl (C=O) groups excluding carboxylic acids is 1. The number of amides is 1. The maximum atomic E-state index is 14.5. The van der Waals surface area contributed by atoms with E-state index in [1.165, 1.54) is 65.5 Å². The number of aromatic nitrogens is 5. The molecule has 12 nitrogen and oxygen atoms in total. The molecule has 0 saturated heterocycles. The highest BCUT2D eigenvalue weighted by Crippen LogP contribution is 2.34. The van der Waals surface area contributed by atoms with Crippen molar-refractivity contribution in [3.05, 3.63) is 68.4 Å². The highest BCUT2D eigenvalue weighted by molar-refractivity contribution is 7.21. The third-order valence-electron chi connectivity index (χ3n) is 7.84. The largest absolute Gasteiger partial charge is 0.496 e. The molecule has 1 fully saturated rings. The average molecular weight is 615 g/mol. The molecule has 3 heterocycles. The minimum Gasteiger partial charge on any atom is -0.496 e. The summed E-state index contributed by atoms with van der Waals surface area (Å²) in [5, 5.41) is 12.2. The Morgan fingerprint density at radius 1 is 1.19 bits per heavy atom. The minimum atomic E-state index is -1.53. The first-order valence-corrected chi connectivity index (χ1v) is 14.8. The lowest BCUT2D eigenvalue weighted by atomic mass is 9.91. The zero-order chi connectivity index (χ0) is 30.9. The molecule has 4 aromatic rings. The van der Waals surface area contributed by atoms with Crippen molar-refractivity contribution in [1.82, 2.24) is 29.4 Å². The number of rotatable bonds is 12. The van der Waals surface area contributed by atoms with Gasteiger partial charge in [-0.2, -0.15) is 10.2 Å². The Labute approximate surface area is 251 Å². The fourth-order valence-electron chi connectivity index (χ4n) is 5.15. The molecule has 5 rings (SSSR count). The molecule has 1 atom stereocenters. The molecule has 0 spiro atoms. The number of thiophene rings is 1. The smallest absolute Gasteiger partial charge is 0.333 e. The fraction of sp³-hybridized carbons (Fsp3) is 0.483. The zero-order valence-corrected chi connectivity index (χ0v) is 25.6. The van der Waals surface area contributed by atoms with Crippen LogP contribution in [-0.4, -0.2) is 63.5 Å². The molecule has 14 heteroatoms. The summed E-state index contributed by atoms with van der Waals surface area (Å²) >= 11 is 1.17. The van der Waals surface area contributed by atoms with Crippen molar-refractivity contribution in [1.29, 1.82) is 0 Å². The number of hydrogen-bond donors (Lipinski definition) is 1. The van der Waals surface area contributed by atoms with E-state index in [-0.39, 0.29) is 31.2 Å². The Bertz CT molecular complexity index is 1740. The maximum absolute atomic E-state index is 14.5. The van der Waals surface area contributed by atoms with Gasteiger partial charge in [-0.15, -0.1) is 4.80 Å². The van der Waals surface area contributed by atoms with Crippen molar-refractivity contribution in [3.63, 3.8) is 0 Å². The van der Waals surface area contributed by atoms with E-state index < -0.39 is 34.6 Å². The van der Waals surface area contributed by atoms with Crippen LogP contribution in [0.2, 0.25) is 0 Å². The number of fused-ring (bicyclic) bond motifs is 1. The Morgan fingerprint density at radius 3 is 2.53 bits per heavy atom. The van der Waals surface area contributed by atoms with Crippen LogP contribution in [0, 0.1) is 12.7 Å². The SMILES string of the molecule is COCCO[C@@H](Cn1c(=O)n(C(C)(C)C(=O)NC2CCC2)c(=O)c2c(C)c(-n3nccn3)sc21)c1cc(F)ccc1OC. The van der Waals surface area contributed by atoms with E-state index in [0.29, 0.717) is 26.7 Å². The van der Waals surface area contributed by atoms with Crippen molar-refractivity contribution >= 4 is 27.5 Å². The summed E-state index contributed by atoms with van der Waals surface area (Å²) < 4.78 is 33.7. The molecule has 1 aromatic carbocycles. The Balaban J connectivity index is 1.73. The summed E-state index contributed by atoms with van der Waals surface area (Å²) in [5.74, 6) is -0.569. The molecule has 0 radical (unpaired) electrons. The first-order valence-electron chi connectivity index (χ1n) is 14.0. The maximum Gasteiger partial charge on any atom is 0.333 e. The molecule has 1 aliphatic carbocycles. The van der Waals surface area contributed by atoms with Crippen LogP contribution >= 0.6 is 11.3 Å². The van der Waals surface area contributed by atoms with Gasteiger partial charge in [0.25, 0.3) is 5.56 Å². The summed E-state index contributed by atoms with van der Waals surface area (Å²) in [4.78, 5) is 43.8. The lowest BCUT2D eigenvalue weighted by molar-refractivity contribution is -0.130. The second-order valence-corrected chi connectivity index (χ2v) is 11.9. The molecule has 230 valence electrons. The van der Waals surface area contributed by atoms with Crippen molar-refractivity contribution in [2.45, 2.75) is 64.3 Å². The van der Waals surface area contributed by atoms with Gasteiger partial charge in [0.1, 0.15) is 33.0 Å². The number of benzene rings is 1. The van der Waals surface area contributed by atoms with Crippen molar-refractivity contribution < 1.29 is 23.4 Å². The number of nitrogens with zero attached hydrogens (tertiary/aromatic N) is 5. The van der Waals surface area contributed by atoms with Gasteiger partial charge in [0, 0.05) is 24.3 Å². The lowest BCUT2D eigenvalue weighted by Gasteiger charge is -2.32. The van der Waals surface area contributed by atoms with Gasteiger partial charge in [-0.05, 0) is 58.2 Å². The van der Waals surface area contributed by atoms with Crippen LogP contribution in [-0.2, 0) is 26.4 Å². The molecule has 0 aliphatic heterocycles. The number of ether oxygens (including phenoxy) is 3. The number of hydrogen-bond acceptors (Lipinski definition) is 9. The van der Waals surface area contributed by atoms with E-state index in [1.807, 2.05) is 0 Å². The number of aryl methyl sites for hydroxylation is 1. The number of methoxy groups -OCH3 is 2. The van der Waals surface area contributed by atoms with E-state index in [9.17, 15) is 18.8 Å². The normalized spacial score (nSPS) is 14.6. The Kier molecular flexibility index (Phi) is 8.81. The standard InChI is InChI=1S/C29H35FN6O6S/c1-17-23-24(37)35(29(2,3)27(38)33-19-7-6-8-19)28(39)34(26(23)43-25(17)36-31-11-12-32-36)16-22(42-14-13-40-4)20-15-18(30)9-10-21(20)41-5/h9-12,15,19,22H,6-8,13-14,16H2,1-5H3,(H,33,38)/t22-/m0/s1. The molecule has 43 heavy (non-hydrogen) atoms. The fourth-order valence-corrected chi connectivity index (χ4v) is 6.37. The quantitative estimate of drug-likeness (QED) is 0.241. The Morgan fingerprint density at radius 2 is 1.91 bits per heavy atom. The van der Waals surface area contributed by atoms with E-state index in [0.717, 1.165) is 23.8 Å². The summed E-state index contributed by atoms with van der Waals surface area (Å²) in [6.45, 7) is 5.13. The van der Waals surface area contributed by atoms with Crippen LogP contribution in [0.5, 0.6) is 5.75 Å². The number of carbonyl (C=O) groups is 1. The summed E-state index contributed by atoms with van der Waals surface area (Å²) in [7, 11) is 2.99. The highest BCUT2D eigenvalue weighted by Gasteiger charge is 2.37. The lowest BCUT2D eigenvalue weighted by Crippen LogP contribution is -2.57. The molecule has 1 saturated carbocycles. The van der Waals surface area contributed by atoms with Gasteiger partial charge >= 0.3 is 5.69 Å². The third kappa shape index (κ3) is 5.74. The van der Waals surface area contributed by atoms with Crippen LogP contribution in [0.4, 0.5) is 4.39 Å². The van der Waals surface area contributed by atoms with Gasteiger partial charge in [-0.3, -0.25) is 14.2 Å². The molecule has 1 N–H and O–H groups in total. The van der Waals surface area contributed by atoms with Crippen molar-refractivity contribution in [2.24, 2.45) is 0 Å². The summed E-state index contributed by atoms with van der Waals surface area (Å²) in [6, 6.07) is 4.06. The van der Waals surface area contributed by atoms with E-state index in [1.54, 1.807) is 20.8 Å². The van der Waals surface area contributed by atoms with Gasteiger partial charge in [0.2, 0.25) is 5.91 Å². The van der Waals surface area contributed by atoms with Gasteiger partial charge in [0.15, 0.2) is 0 Å². The molecular formula is C29H35FN6O6S. The van der Waals surface area contributed by atoms with Crippen LogP contribution in [0.25, 0.3) is 15.2 Å². The van der Waals surface area contributed by atoms with E-state index >= 15 is 0 Å². The third-order valence-corrected chi connectivity index (χ3v) is 9.12. The number of nitrogens with one attached hydrogen (secondary N) is 1. The van der Waals surface area contributed by atoms with Gasteiger partial charge < -0.3 is 19.5 Å². The molecule has 1 amide bonds. The zero-order valence-electron chi connectivity index (χ0n) is 24.8. The van der Waals surface area contributed by atoms with Crippen LogP contribution < -0.4 is 21.3 Å². The van der Waals surface area contributed by atoms with E-state index in [4.69, 9.17) is 14.2 Å². The summed E-state index contributed by atoms with van der Waals surface area (Å²) in [5.41, 5.74) is -1.90. The van der Waals surface area contributed by atoms with Crippen LogP contribution in [0.15, 0.2) is 40.2 Å². The second kappa shape index (κ2) is 12.4. The predicted octanol–water partition coefficient (Wildman–Crippen LogP) is 3.07. The minimum absolute atomic E-state index is 0.00724. The van der Waals surface area contributed by atoms with Gasteiger partial charge in [-0.25, -0.2) is 13.8 Å². The van der Waals surface area contributed by atoms with Crippen molar-refractivity contribution in [2.75, 3.05) is 27.4 Å². The van der Waals surface area contributed by atoms with Crippen molar-refractivity contribution in [3.8, 4) is 10.8 Å². The molecular weight excluding hydrogens is 579 g/mol. The molecule has 0 unspecified atom stereocenters. The predicted molar refractivity (Wildman–Crippen MR) is 159 cm³/mol. The molecule has 1 aliphatic rings. The van der Waals surface area contributed by atoms with Crippen LogP contribution in [0.1, 0.15) is 50.3 Å². The Hall–Kier alpha value is -3.88. The topological polar surface area (TPSA) is 132 Å². The first-order chi connectivity index (χ1) is 20.6. The molecule has 0 bridgehead atoms. The first kappa shape index (κ1) is 30.6. The van der Waals surface area contributed by atoms with Crippen LogP contribution in [0.3, 0.4) is 0 Å². The van der Waals surface area contributed by atoms with E-state index in [2.05, 4.69) is 15.5 Å².